The predicted octanol–water partition coefficient (Wildman–Crippen LogP) is 2.38. The highest BCUT2D eigenvalue weighted by Crippen LogP contribution is 1.86. The average Bonchev–Trinajstić information content (AvgIpc) is 1.90. The zero-order chi connectivity index (χ0) is 8.41. The predicted molar refractivity (Wildman–Crippen MR) is 42.9 cm³/mol. The van der Waals surface area contributed by atoms with Gasteiger partial charge in [0.25, 0.3) is 0 Å². The molecule has 0 aromatic carbocycles. The van der Waals surface area contributed by atoms with Crippen molar-refractivity contribution in [3.05, 3.63) is 0 Å². The van der Waals surface area contributed by atoms with E-state index in [1.165, 1.54) is 13.5 Å². The van der Waals surface area contributed by atoms with Gasteiger partial charge in [0.15, 0.2) is 0 Å². The summed E-state index contributed by atoms with van der Waals surface area (Å²) < 4.78 is 4.35. The number of hydrogen-bond acceptors (Lipinski definition) is 2. The average molecular weight is 146 g/mol. The van der Waals surface area contributed by atoms with E-state index in [9.17, 15) is 4.79 Å². The molecule has 2 nitrogen and oxygen atoms in total. The van der Waals surface area contributed by atoms with Crippen LogP contribution < -0.4 is 0 Å². The SMILES string of the molecule is CCC.CCCC(=O)OC. The summed E-state index contributed by atoms with van der Waals surface area (Å²) in [5, 5.41) is 0. The van der Waals surface area contributed by atoms with Crippen LogP contribution in [0.25, 0.3) is 0 Å². The fraction of sp³-hybridized carbons (Fsp3) is 0.875. The fourth-order valence-electron chi connectivity index (χ4n) is 0.306. The van der Waals surface area contributed by atoms with Crippen LogP contribution in [0.15, 0.2) is 0 Å². The van der Waals surface area contributed by atoms with E-state index < -0.39 is 0 Å². The van der Waals surface area contributed by atoms with Crippen molar-refractivity contribution < 1.29 is 9.53 Å². The Morgan fingerprint density at radius 1 is 1.30 bits per heavy atom. The molecule has 0 aliphatic carbocycles. The van der Waals surface area contributed by atoms with Gasteiger partial charge in [-0.1, -0.05) is 27.2 Å². The first kappa shape index (κ1) is 12.2. The normalized spacial score (nSPS) is 7.60. The van der Waals surface area contributed by atoms with E-state index in [1.807, 2.05) is 6.92 Å². The molecule has 0 aromatic heterocycles. The lowest BCUT2D eigenvalue weighted by Gasteiger charge is -1.91. The lowest BCUT2D eigenvalue weighted by Crippen LogP contribution is -1.97. The molecule has 2 heteroatoms. The van der Waals surface area contributed by atoms with E-state index in [0.717, 1.165) is 6.42 Å². The van der Waals surface area contributed by atoms with Crippen molar-refractivity contribution in [1.82, 2.24) is 0 Å². The van der Waals surface area contributed by atoms with Crippen LogP contribution in [0.3, 0.4) is 0 Å². The summed E-state index contributed by atoms with van der Waals surface area (Å²) in [5.41, 5.74) is 0. The minimum atomic E-state index is -0.123. The molecule has 0 saturated heterocycles. The fourth-order valence-corrected chi connectivity index (χ4v) is 0.306. The van der Waals surface area contributed by atoms with Crippen molar-refractivity contribution in [3.63, 3.8) is 0 Å². The van der Waals surface area contributed by atoms with Crippen molar-refractivity contribution in [2.75, 3.05) is 7.11 Å². The Balaban J connectivity index is 0. The highest BCUT2D eigenvalue weighted by Gasteiger charge is 1.92. The first-order valence-corrected chi connectivity index (χ1v) is 3.79. The number of esters is 1. The van der Waals surface area contributed by atoms with Crippen LogP contribution in [0, 0.1) is 0 Å². The molecule has 0 aliphatic heterocycles. The molecule has 0 N–H and O–H groups in total. The molecular formula is C8H18O2. The van der Waals surface area contributed by atoms with Crippen molar-refractivity contribution in [2.24, 2.45) is 0 Å². The molecule has 0 heterocycles. The van der Waals surface area contributed by atoms with Gasteiger partial charge in [0.05, 0.1) is 7.11 Å². The summed E-state index contributed by atoms with van der Waals surface area (Å²) in [6, 6.07) is 0. The quantitative estimate of drug-likeness (QED) is 0.559. The Kier molecular flexibility index (Phi) is 13.7. The third kappa shape index (κ3) is 15.6. The van der Waals surface area contributed by atoms with E-state index >= 15 is 0 Å². The third-order valence-electron chi connectivity index (χ3n) is 0.682. The Morgan fingerprint density at radius 2 is 1.70 bits per heavy atom. The number of ether oxygens (including phenoxy) is 1. The van der Waals surface area contributed by atoms with Crippen LogP contribution in [-0.4, -0.2) is 13.1 Å². The van der Waals surface area contributed by atoms with Gasteiger partial charge >= 0.3 is 5.97 Å². The second kappa shape index (κ2) is 11.3. The maximum absolute atomic E-state index is 10.2. The number of methoxy groups -OCH3 is 1. The van der Waals surface area contributed by atoms with Gasteiger partial charge in [-0.2, -0.15) is 0 Å². The summed E-state index contributed by atoms with van der Waals surface area (Å²) in [6.45, 7) is 6.19. The molecule has 0 bridgehead atoms. The summed E-state index contributed by atoms with van der Waals surface area (Å²) in [6.07, 6.45) is 2.66. The van der Waals surface area contributed by atoms with E-state index in [0.29, 0.717) is 6.42 Å². The number of carbonyl (C=O) groups is 1. The largest absolute Gasteiger partial charge is 0.469 e. The molecule has 0 unspecified atom stereocenters. The highest BCUT2D eigenvalue weighted by atomic mass is 16.5. The maximum Gasteiger partial charge on any atom is 0.305 e. The zero-order valence-corrected chi connectivity index (χ0v) is 7.44. The minimum absolute atomic E-state index is 0.123. The Bertz CT molecular complexity index is 69.7. The molecule has 0 amide bonds. The maximum atomic E-state index is 10.2. The van der Waals surface area contributed by atoms with Gasteiger partial charge in [-0.25, -0.2) is 0 Å². The Morgan fingerprint density at radius 3 is 1.80 bits per heavy atom. The van der Waals surface area contributed by atoms with E-state index in [4.69, 9.17) is 0 Å². The first-order valence-electron chi connectivity index (χ1n) is 3.79. The van der Waals surface area contributed by atoms with E-state index in [1.54, 1.807) is 0 Å². The topological polar surface area (TPSA) is 26.3 Å². The minimum Gasteiger partial charge on any atom is -0.469 e. The molecule has 62 valence electrons. The summed E-state index contributed by atoms with van der Waals surface area (Å²) in [7, 11) is 1.40. The molecular weight excluding hydrogens is 128 g/mol. The Labute approximate surface area is 63.6 Å². The second-order valence-electron chi connectivity index (χ2n) is 2.03. The van der Waals surface area contributed by atoms with Crippen molar-refractivity contribution in [1.29, 1.82) is 0 Å². The monoisotopic (exact) mass is 146 g/mol. The van der Waals surface area contributed by atoms with Gasteiger partial charge in [-0.05, 0) is 6.42 Å². The van der Waals surface area contributed by atoms with Crippen LogP contribution in [0.1, 0.15) is 40.0 Å². The van der Waals surface area contributed by atoms with Gasteiger partial charge in [-0.3, -0.25) is 4.79 Å². The van der Waals surface area contributed by atoms with Crippen LogP contribution in [0.4, 0.5) is 0 Å². The number of carbonyl (C=O) groups excluding carboxylic acids is 1. The summed E-state index contributed by atoms with van der Waals surface area (Å²) in [4.78, 5) is 10.2. The first-order chi connectivity index (χ1) is 4.72. The molecule has 0 spiro atoms. The second-order valence-corrected chi connectivity index (χ2v) is 2.03. The smallest absolute Gasteiger partial charge is 0.305 e. The number of rotatable bonds is 2. The summed E-state index contributed by atoms with van der Waals surface area (Å²) in [5.74, 6) is -0.123. The van der Waals surface area contributed by atoms with Gasteiger partial charge in [-0.15, -0.1) is 0 Å². The van der Waals surface area contributed by atoms with E-state index in [2.05, 4.69) is 18.6 Å². The van der Waals surface area contributed by atoms with Crippen LogP contribution in [0.2, 0.25) is 0 Å². The lowest BCUT2D eigenvalue weighted by molar-refractivity contribution is -0.140. The molecule has 0 radical (unpaired) electrons. The lowest BCUT2D eigenvalue weighted by atomic mass is 10.3. The van der Waals surface area contributed by atoms with Crippen LogP contribution in [0.5, 0.6) is 0 Å². The van der Waals surface area contributed by atoms with Gasteiger partial charge in [0, 0.05) is 6.42 Å². The summed E-state index contributed by atoms with van der Waals surface area (Å²) >= 11 is 0. The van der Waals surface area contributed by atoms with Gasteiger partial charge in [0.2, 0.25) is 0 Å². The highest BCUT2D eigenvalue weighted by molar-refractivity contribution is 5.68. The molecule has 0 atom stereocenters. The molecule has 0 aliphatic rings. The van der Waals surface area contributed by atoms with Crippen molar-refractivity contribution >= 4 is 5.97 Å². The van der Waals surface area contributed by atoms with Gasteiger partial charge in [0.1, 0.15) is 0 Å². The zero-order valence-electron chi connectivity index (χ0n) is 7.44. The van der Waals surface area contributed by atoms with Crippen LogP contribution >= 0.6 is 0 Å². The van der Waals surface area contributed by atoms with E-state index in [-0.39, 0.29) is 5.97 Å². The molecule has 0 fully saturated rings. The standard InChI is InChI=1S/C5H10O2.C3H8/c1-3-4-5(6)7-2;1-3-2/h3-4H2,1-2H3;3H2,1-2H3. The van der Waals surface area contributed by atoms with Crippen molar-refractivity contribution in [2.45, 2.75) is 40.0 Å². The molecule has 10 heavy (non-hydrogen) atoms. The molecule has 0 rings (SSSR count). The van der Waals surface area contributed by atoms with Crippen LogP contribution in [-0.2, 0) is 9.53 Å². The number of hydrogen-bond donors (Lipinski definition) is 0. The Hall–Kier alpha value is -0.530. The van der Waals surface area contributed by atoms with Gasteiger partial charge < -0.3 is 4.74 Å². The third-order valence-corrected chi connectivity index (χ3v) is 0.682. The molecule has 0 aromatic rings. The molecule has 0 saturated carbocycles. The van der Waals surface area contributed by atoms with Crippen molar-refractivity contribution in [3.8, 4) is 0 Å².